The Morgan fingerprint density at radius 1 is 0.727 bits per heavy atom. The molecule has 0 saturated carbocycles. The van der Waals surface area contributed by atoms with Crippen LogP contribution in [0.4, 0.5) is 0 Å². The number of hydrogen-bond acceptors (Lipinski definition) is 6. The van der Waals surface area contributed by atoms with Crippen LogP contribution in [-0.2, 0) is 4.74 Å². The quantitative estimate of drug-likeness (QED) is 0.462. The summed E-state index contributed by atoms with van der Waals surface area (Å²) in [5.74, 6) is -1.90. The minimum absolute atomic E-state index is 0.0889. The van der Waals surface area contributed by atoms with Crippen molar-refractivity contribution in [3.05, 3.63) is 68.4 Å². The lowest BCUT2D eigenvalue weighted by molar-refractivity contribution is 0.0401. The third-order valence-electron chi connectivity index (χ3n) is 3.63. The van der Waals surface area contributed by atoms with Crippen molar-refractivity contribution in [3.8, 4) is 0 Å². The third-order valence-corrected chi connectivity index (χ3v) is 3.63. The molecule has 0 fully saturated rings. The van der Waals surface area contributed by atoms with Crippen LogP contribution in [0.2, 0.25) is 0 Å². The first-order valence-corrected chi connectivity index (χ1v) is 6.37. The van der Waals surface area contributed by atoms with Crippen molar-refractivity contribution in [1.29, 1.82) is 0 Å². The Labute approximate surface area is 121 Å². The molecule has 0 spiro atoms. The van der Waals surface area contributed by atoms with E-state index in [1.54, 1.807) is 18.2 Å². The van der Waals surface area contributed by atoms with Crippen molar-refractivity contribution in [2.24, 2.45) is 0 Å². The maximum atomic E-state index is 12.2. The van der Waals surface area contributed by atoms with Crippen molar-refractivity contribution in [2.45, 2.75) is 0 Å². The second-order valence-electron chi connectivity index (χ2n) is 4.84. The monoisotopic (exact) mass is 294 g/mol. The summed E-state index contributed by atoms with van der Waals surface area (Å²) in [6.07, 6.45) is 0. The summed E-state index contributed by atoms with van der Waals surface area (Å²) in [6, 6.07) is 8.95. The van der Waals surface area contributed by atoms with Gasteiger partial charge in [0.2, 0.25) is 0 Å². The summed E-state index contributed by atoms with van der Waals surface area (Å²) in [6.45, 7) is 0. The molecule has 5 rings (SSSR count). The fraction of sp³-hybridized carbons (Fsp3) is 0. The molecule has 3 aromatic rings. The number of fused-ring (bicyclic) bond motifs is 5. The van der Waals surface area contributed by atoms with E-state index in [0.717, 1.165) is 0 Å². The minimum atomic E-state index is -0.962. The van der Waals surface area contributed by atoms with Gasteiger partial charge < -0.3 is 9.15 Å². The molecular formula is C16H6O6. The highest BCUT2D eigenvalue weighted by atomic mass is 16.6. The van der Waals surface area contributed by atoms with Crippen molar-refractivity contribution in [1.82, 2.24) is 0 Å². The van der Waals surface area contributed by atoms with Gasteiger partial charge in [0.15, 0.2) is 0 Å². The van der Waals surface area contributed by atoms with Crippen LogP contribution in [0.15, 0.2) is 50.4 Å². The molecule has 0 atom stereocenters. The van der Waals surface area contributed by atoms with E-state index in [1.165, 1.54) is 18.2 Å². The first-order chi connectivity index (χ1) is 10.6. The molecular weight excluding hydrogens is 288 g/mol. The molecule has 106 valence electrons. The van der Waals surface area contributed by atoms with Crippen molar-refractivity contribution < 1.29 is 18.7 Å². The predicted octanol–water partition coefficient (Wildman–Crippen LogP) is 1.62. The fourth-order valence-electron chi connectivity index (χ4n) is 2.63. The minimum Gasteiger partial charge on any atom is -0.386 e. The zero-order chi connectivity index (χ0) is 15.4. The maximum absolute atomic E-state index is 12.2. The molecule has 0 radical (unpaired) electrons. The van der Waals surface area contributed by atoms with E-state index in [0.29, 0.717) is 10.8 Å². The van der Waals surface area contributed by atoms with Crippen LogP contribution in [0.3, 0.4) is 0 Å². The smallest absolute Gasteiger partial charge is 0.347 e. The fourth-order valence-corrected chi connectivity index (χ4v) is 2.63. The molecule has 2 aromatic carbocycles. The van der Waals surface area contributed by atoms with Gasteiger partial charge in [-0.05, 0) is 29.0 Å². The second-order valence-corrected chi connectivity index (χ2v) is 4.84. The highest BCUT2D eigenvalue weighted by Gasteiger charge is 2.25. The van der Waals surface area contributed by atoms with Crippen LogP contribution in [0.1, 0.15) is 20.7 Å². The Morgan fingerprint density at radius 2 is 1.45 bits per heavy atom. The van der Waals surface area contributed by atoms with Crippen LogP contribution in [0.5, 0.6) is 0 Å². The molecule has 0 N–H and O–H groups in total. The maximum Gasteiger partial charge on any atom is 0.347 e. The first-order valence-electron chi connectivity index (χ1n) is 6.37. The predicted molar refractivity (Wildman–Crippen MR) is 76.0 cm³/mol. The van der Waals surface area contributed by atoms with Crippen LogP contribution in [0.25, 0.3) is 21.5 Å². The van der Waals surface area contributed by atoms with Crippen LogP contribution < -0.4 is 11.3 Å². The molecule has 0 saturated heterocycles. The van der Waals surface area contributed by atoms with Gasteiger partial charge >= 0.3 is 23.2 Å². The zero-order valence-corrected chi connectivity index (χ0v) is 10.9. The van der Waals surface area contributed by atoms with Crippen LogP contribution in [0, 0.1) is 0 Å². The van der Waals surface area contributed by atoms with E-state index in [2.05, 4.69) is 0 Å². The molecule has 0 amide bonds. The van der Waals surface area contributed by atoms with Gasteiger partial charge in [-0.15, -0.1) is 0 Å². The first kappa shape index (κ1) is 12.5. The van der Waals surface area contributed by atoms with E-state index in [-0.39, 0.29) is 21.9 Å². The Bertz CT molecular complexity index is 1120. The summed E-state index contributed by atoms with van der Waals surface area (Å²) in [5, 5.41) is 0.746. The lowest BCUT2D eigenvalue weighted by atomic mass is 9.99. The second kappa shape index (κ2) is 4.11. The molecule has 3 heterocycles. The summed E-state index contributed by atoms with van der Waals surface area (Å²) in [4.78, 5) is 48.5. The SMILES string of the molecule is O=C1OC(=O)c2c3cccc2c2ccc(c1c2)c(=O)oc3=O. The van der Waals surface area contributed by atoms with Gasteiger partial charge in [0.05, 0.1) is 21.9 Å². The van der Waals surface area contributed by atoms with Gasteiger partial charge in [-0.2, -0.15) is 0 Å². The Kier molecular flexibility index (Phi) is 2.33. The number of rotatable bonds is 0. The molecule has 1 aromatic heterocycles. The van der Waals surface area contributed by atoms with Gasteiger partial charge in [-0.25, -0.2) is 19.2 Å². The molecule has 2 aliphatic heterocycles. The molecule has 22 heavy (non-hydrogen) atoms. The lowest BCUT2D eigenvalue weighted by Gasteiger charge is -2.11. The highest BCUT2D eigenvalue weighted by Crippen LogP contribution is 2.26. The lowest BCUT2D eigenvalue weighted by Crippen LogP contribution is -2.21. The molecule has 6 heteroatoms. The normalized spacial score (nSPS) is 13.5. The average molecular weight is 294 g/mol. The van der Waals surface area contributed by atoms with Gasteiger partial charge in [0.25, 0.3) is 0 Å². The number of hydrogen-bond donors (Lipinski definition) is 0. The number of esters is 2. The van der Waals surface area contributed by atoms with Crippen molar-refractivity contribution >= 4 is 33.5 Å². The largest absolute Gasteiger partial charge is 0.386 e. The molecule has 0 unspecified atom stereocenters. The van der Waals surface area contributed by atoms with Gasteiger partial charge in [-0.3, -0.25) is 0 Å². The van der Waals surface area contributed by atoms with Gasteiger partial charge in [-0.1, -0.05) is 18.2 Å². The number of benzene rings is 2. The van der Waals surface area contributed by atoms with E-state index >= 15 is 0 Å². The molecule has 6 nitrogen and oxygen atoms in total. The van der Waals surface area contributed by atoms with E-state index in [4.69, 9.17) is 9.15 Å². The summed E-state index contributed by atoms with van der Waals surface area (Å²) in [5.41, 5.74) is -2.12. The van der Waals surface area contributed by atoms with Gasteiger partial charge in [0, 0.05) is 0 Å². The third kappa shape index (κ3) is 1.54. The number of carbonyl (C=O) groups is 2. The Morgan fingerprint density at radius 3 is 2.27 bits per heavy atom. The Balaban J connectivity index is 2.51. The van der Waals surface area contributed by atoms with Gasteiger partial charge in [0.1, 0.15) is 0 Å². The van der Waals surface area contributed by atoms with Crippen LogP contribution in [-0.4, -0.2) is 11.9 Å². The molecule has 2 aliphatic rings. The van der Waals surface area contributed by atoms with Crippen LogP contribution >= 0.6 is 0 Å². The average Bonchev–Trinajstić information content (AvgIpc) is 2.51. The van der Waals surface area contributed by atoms with Crippen molar-refractivity contribution in [2.75, 3.05) is 0 Å². The Hall–Kier alpha value is -3.28. The summed E-state index contributed by atoms with van der Waals surface area (Å²) >= 11 is 0. The standard InChI is InChI=1S/C16H6O6/c17-13-9-5-4-7-6-11(9)15(19)22-16(20)12-8(7)2-1-3-10(12)14(18)21-13/h1-6H. The number of carbonyl (C=O) groups excluding carboxylic acids is 2. The van der Waals surface area contributed by atoms with E-state index in [9.17, 15) is 19.2 Å². The number of ether oxygens (including phenoxy) is 1. The highest BCUT2D eigenvalue weighted by molar-refractivity contribution is 6.17. The molecule has 0 aliphatic carbocycles. The summed E-state index contributed by atoms with van der Waals surface area (Å²) in [7, 11) is 0. The van der Waals surface area contributed by atoms with E-state index in [1.807, 2.05) is 0 Å². The zero-order valence-electron chi connectivity index (χ0n) is 10.9. The van der Waals surface area contributed by atoms with Crippen molar-refractivity contribution in [3.63, 3.8) is 0 Å². The topological polar surface area (TPSA) is 90.7 Å². The van der Waals surface area contributed by atoms with E-state index < -0.39 is 23.2 Å². The summed E-state index contributed by atoms with van der Waals surface area (Å²) < 4.78 is 9.53. The molecule has 6 bridgehead atoms.